The summed E-state index contributed by atoms with van der Waals surface area (Å²) in [5.41, 5.74) is 4.29. The van der Waals surface area contributed by atoms with Crippen molar-refractivity contribution in [3.8, 4) is 11.6 Å². The lowest BCUT2D eigenvalue weighted by atomic mass is 10.1. The van der Waals surface area contributed by atoms with Gasteiger partial charge < -0.3 is 19.5 Å². The fraction of sp³-hybridized carbons (Fsp3) is 0.478. The Bertz CT molecular complexity index is 791. The van der Waals surface area contributed by atoms with Gasteiger partial charge in [-0.15, -0.1) is 0 Å². The van der Waals surface area contributed by atoms with Crippen molar-refractivity contribution in [2.45, 2.75) is 58.7 Å². The second kappa shape index (κ2) is 10.3. The van der Waals surface area contributed by atoms with Crippen molar-refractivity contribution in [1.29, 1.82) is 0 Å². The van der Waals surface area contributed by atoms with Crippen LogP contribution in [0.4, 0.5) is 0 Å². The highest BCUT2D eigenvalue weighted by Crippen LogP contribution is 2.25. The molecule has 2 aromatic rings. The Labute approximate surface area is 172 Å². The Hall–Kier alpha value is -2.60. The molecular formula is C23H30N2O4. The molecule has 29 heavy (non-hydrogen) atoms. The number of aryl methyl sites for hydroxylation is 2. The van der Waals surface area contributed by atoms with Crippen molar-refractivity contribution in [2.24, 2.45) is 0 Å². The highest BCUT2D eigenvalue weighted by atomic mass is 16.6. The summed E-state index contributed by atoms with van der Waals surface area (Å²) in [4.78, 5) is 15.7. The standard InChI is InChI=1S/C23H30N2O4/c1-16-10-19(11-17(2)23(16)28-15-22(26)27-3)13-24-12-18-8-9-21(25-14-18)29-20-6-4-5-7-20/h8-11,14,20,24H,4-7,12-13,15H2,1-3H3. The molecule has 0 unspecified atom stereocenters. The third-order valence-electron chi connectivity index (χ3n) is 5.13. The van der Waals surface area contributed by atoms with Gasteiger partial charge in [0.1, 0.15) is 11.9 Å². The largest absolute Gasteiger partial charge is 0.481 e. The molecule has 1 N–H and O–H groups in total. The lowest BCUT2D eigenvalue weighted by Crippen LogP contribution is -2.15. The highest BCUT2D eigenvalue weighted by molar-refractivity contribution is 5.71. The van der Waals surface area contributed by atoms with Crippen LogP contribution in [-0.2, 0) is 22.6 Å². The molecule has 0 radical (unpaired) electrons. The first-order valence-electron chi connectivity index (χ1n) is 10.2. The van der Waals surface area contributed by atoms with Crippen LogP contribution in [0.3, 0.4) is 0 Å². The van der Waals surface area contributed by atoms with Crippen molar-refractivity contribution in [3.05, 3.63) is 52.7 Å². The maximum Gasteiger partial charge on any atom is 0.343 e. The summed E-state index contributed by atoms with van der Waals surface area (Å²) >= 11 is 0. The number of rotatable bonds is 9. The van der Waals surface area contributed by atoms with E-state index in [1.165, 1.54) is 25.5 Å². The average molecular weight is 399 g/mol. The maximum absolute atomic E-state index is 11.3. The van der Waals surface area contributed by atoms with E-state index in [0.717, 1.165) is 54.3 Å². The summed E-state index contributed by atoms with van der Waals surface area (Å²) in [5.74, 6) is 1.07. The lowest BCUT2D eigenvalue weighted by Gasteiger charge is -2.14. The van der Waals surface area contributed by atoms with Crippen molar-refractivity contribution < 1.29 is 19.0 Å². The van der Waals surface area contributed by atoms with E-state index < -0.39 is 0 Å². The van der Waals surface area contributed by atoms with Crippen molar-refractivity contribution in [1.82, 2.24) is 10.3 Å². The molecule has 1 aliphatic carbocycles. The molecule has 0 aliphatic heterocycles. The van der Waals surface area contributed by atoms with Crippen molar-refractivity contribution in [2.75, 3.05) is 13.7 Å². The van der Waals surface area contributed by atoms with Gasteiger partial charge in [-0.3, -0.25) is 0 Å². The van der Waals surface area contributed by atoms with Crippen molar-refractivity contribution >= 4 is 5.97 Å². The number of aromatic nitrogens is 1. The van der Waals surface area contributed by atoms with Crippen LogP contribution in [0.1, 0.15) is 47.9 Å². The summed E-state index contributed by atoms with van der Waals surface area (Å²) in [7, 11) is 1.35. The minimum absolute atomic E-state index is 0.0801. The zero-order chi connectivity index (χ0) is 20.6. The number of carbonyl (C=O) groups is 1. The van der Waals surface area contributed by atoms with Crippen molar-refractivity contribution in [3.63, 3.8) is 0 Å². The molecule has 6 nitrogen and oxygen atoms in total. The fourth-order valence-corrected chi connectivity index (χ4v) is 3.67. The topological polar surface area (TPSA) is 69.7 Å². The van der Waals surface area contributed by atoms with E-state index in [4.69, 9.17) is 9.47 Å². The lowest BCUT2D eigenvalue weighted by molar-refractivity contribution is -0.142. The van der Waals surface area contributed by atoms with Crippen LogP contribution in [0.15, 0.2) is 30.5 Å². The van der Waals surface area contributed by atoms with Crippen LogP contribution >= 0.6 is 0 Å². The molecular weight excluding hydrogens is 368 g/mol. The number of hydrogen-bond donors (Lipinski definition) is 1. The van der Waals surface area contributed by atoms with Crippen LogP contribution < -0.4 is 14.8 Å². The van der Waals surface area contributed by atoms with E-state index in [2.05, 4.69) is 33.2 Å². The van der Waals surface area contributed by atoms with Gasteiger partial charge in [0.15, 0.2) is 6.61 Å². The Kier molecular flexibility index (Phi) is 7.47. The molecule has 0 atom stereocenters. The molecule has 3 rings (SSSR count). The molecule has 1 aliphatic rings. The number of esters is 1. The van der Waals surface area contributed by atoms with E-state index in [-0.39, 0.29) is 12.6 Å². The summed E-state index contributed by atoms with van der Waals surface area (Å²) in [5, 5.41) is 3.45. The fourth-order valence-electron chi connectivity index (χ4n) is 3.67. The van der Waals surface area contributed by atoms with Gasteiger partial charge in [-0.1, -0.05) is 18.2 Å². The Morgan fingerprint density at radius 3 is 2.41 bits per heavy atom. The zero-order valence-electron chi connectivity index (χ0n) is 17.5. The quantitative estimate of drug-likeness (QED) is 0.647. The van der Waals surface area contributed by atoms with Gasteiger partial charge >= 0.3 is 5.97 Å². The summed E-state index contributed by atoms with van der Waals surface area (Å²) in [6.45, 7) is 5.35. The molecule has 156 valence electrons. The molecule has 1 heterocycles. The van der Waals surface area contributed by atoms with Gasteiger partial charge in [0, 0.05) is 25.4 Å². The normalized spacial score (nSPS) is 14.0. The smallest absolute Gasteiger partial charge is 0.343 e. The predicted octanol–water partition coefficient (Wildman–Crippen LogP) is 3.86. The molecule has 0 bridgehead atoms. The second-order valence-corrected chi connectivity index (χ2v) is 7.56. The minimum atomic E-state index is -0.386. The number of ether oxygens (including phenoxy) is 3. The number of pyridine rings is 1. The van der Waals surface area contributed by atoms with Crippen LogP contribution in [0.5, 0.6) is 11.6 Å². The molecule has 0 spiro atoms. The van der Waals surface area contributed by atoms with Gasteiger partial charge in [-0.05, 0) is 61.8 Å². The first kappa shape index (κ1) is 21.1. The number of nitrogens with one attached hydrogen (secondary N) is 1. The monoisotopic (exact) mass is 398 g/mol. The second-order valence-electron chi connectivity index (χ2n) is 7.56. The van der Waals surface area contributed by atoms with Crippen LogP contribution in [-0.4, -0.2) is 30.8 Å². The summed E-state index contributed by atoms with van der Waals surface area (Å²) < 4.78 is 16.1. The molecule has 6 heteroatoms. The van der Waals surface area contributed by atoms with Crippen LogP contribution in [0.25, 0.3) is 0 Å². The van der Waals surface area contributed by atoms with E-state index in [1.54, 1.807) is 0 Å². The van der Waals surface area contributed by atoms with Gasteiger partial charge in [-0.25, -0.2) is 9.78 Å². The summed E-state index contributed by atoms with van der Waals surface area (Å²) in [6, 6.07) is 8.16. The zero-order valence-corrected chi connectivity index (χ0v) is 17.5. The highest BCUT2D eigenvalue weighted by Gasteiger charge is 2.16. The van der Waals surface area contributed by atoms with E-state index in [9.17, 15) is 4.79 Å². The SMILES string of the molecule is COC(=O)COc1c(C)cc(CNCc2ccc(OC3CCCC3)nc2)cc1C. The molecule has 0 saturated heterocycles. The molecule has 1 saturated carbocycles. The third kappa shape index (κ3) is 6.19. The van der Waals surface area contributed by atoms with E-state index in [1.807, 2.05) is 26.1 Å². The first-order chi connectivity index (χ1) is 14.0. The van der Waals surface area contributed by atoms with Crippen LogP contribution in [0, 0.1) is 13.8 Å². The first-order valence-corrected chi connectivity index (χ1v) is 10.2. The molecule has 1 fully saturated rings. The molecule has 1 aromatic heterocycles. The van der Waals surface area contributed by atoms with Crippen LogP contribution in [0.2, 0.25) is 0 Å². The number of carbonyl (C=O) groups excluding carboxylic acids is 1. The summed E-state index contributed by atoms with van der Waals surface area (Å²) in [6.07, 6.45) is 6.98. The minimum Gasteiger partial charge on any atom is -0.481 e. The molecule has 0 amide bonds. The number of methoxy groups -OCH3 is 1. The van der Waals surface area contributed by atoms with Gasteiger partial charge in [0.05, 0.1) is 7.11 Å². The molecule has 1 aromatic carbocycles. The Morgan fingerprint density at radius 1 is 1.10 bits per heavy atom. The maximum atomic E-state index is 11.3. The number of nitrogens with zero attached hydrogens (tertiary/aromatic N) is 1. The van der Waals surface area contributed by atoms with Gasteiger partial charge in [0.25, 0.3) is 0 Å². The van der Waals surface area contributed by atoms with Gasteiger partial charge in [0.2, 0.25) is 5.88 Å². The predicted molar refractivity (Wildman–Crippen MR) is 111 cm³/mol. The van der Waals surface area contributed by atoms with E-state index in [0.29, 0.717) is 6.10 Å². The Morgan fingerprint density at radius 2 is 1.79 bits per heavy atom. The van der Waals surface area contributed by atoms with E-state index >= 15 is 0 Å². The Balaban J connectivity index is 1.49. The number of benzene rings is 1. The number of hydrogen-bond acceptors (Lipinski definition) is 6. The third-order valence-corrected chi connectivity index (χ3v) is 5.13. The van der Waals surface area contributed by atoms with Gasteiger partial charge in [-0.2, -0.15) is 0 Å². The average Bonchev–Trinajstić information content (AvgIpc) is 3.21.